The van der Waals surface area contributed by atoms with Gasteiger partial charge in [0.1, 0.15) is 0 Å². The molecule has 0 aliphatic rings. The van der Waals surface area contributed by atoms with Gasteiger partial charge in [-0.25, -0.2) is 13.2 Å². The van der Waals surface area contributed by atoms with Gasteiger partial charge in [-0.3, -0.25) is 0 Å². The number of esters is 1. The van der Waals surface area contributed by atoms with Crippen molar-refractivity contribution in [2.45, 2.75) is 12.4 Å². The van der Waals surface area contributed by atoms with Gasteiger partial charge in [-0.15, -0.1) is 0 Å². The predicted octanol–water partition coefficient (Wildman–Crippen LogP) is 3.40. The lowest BCUT2D eigenvalue weighted by molar-refractivity contribution is 0.0429. The molecule has 0 spiro atoms. The third-order valence-corrected chi connectivity index (χ3v) is 4.82. The predicted molar refractivity (Wildman–Crippen MR) is 102 cm³/mol. The monoisotopic (exact) mass is 450 g/mol. The molecule has 3 aromatic rings. The first-order valence-electron chi connectivity index (χ1n) is 7.82. The van der Waals surface area contributed by atoms with Gasteiger partial charge in [0, 0.05) is 16.3 Å². The van der Waals surface area contributed by atoms with Gasteiger partial charge in [0.2, 0.25) is 5.82 Å². The van der Waals surface area contributed by atoms with E-state index >= 15 is 0 Å². The summed E-state index contributed by atoms with van der Waals surface area (Å²) in [6.07, 6.45) is 1.14. The molecule has 0 aliphatic carbocycles. The Morgan fingerprint density at radius 1 is 1.19 bits per heavy atom. The Morgan fingerprint density at radius 2 is 1.96 bits per heavy atom. The highest BCUT2D eigenvalue weighted by Crippen LogP contribution is 2.20. The van der Waals surface area contributed by atoms with Crippen molar-refractivity contribution < 1.29 is 22.5 Å². The maximum atomic E-state index is 12.2. The van der Waals surface area contributed by atoms with Crippen LogP contribution in [0.5, 0.6) is 0 Å². The van der Waals surface area contributed by atoms with Crippen LogP contribution < -0.4 is 0 Å². The number of ether oxygens (including phenoxy) is 1. The van der Waals surface area contributed by atoms with Crippen molar-refractivity contribution in [2.24, 2.45) is 0 Å². The van der Waals surface area contributed by atoms with Crippen LogP contribution in [0.1, 0.15) is 21.8 Å². The molecule has 0 atom stereocenters. The minimum absolute atomic E-state index is 0.145. The van der Waals surface area contributed by atoms with E-state index in [-0.39, 0.29) is 23.8 Å². The first kappa shape index (κ1) is 19.2. The lowest BCUT2D eigenvalue weighted by Crippen LogP contribution is -2.07. The number of carbonyl (C=O) groups excluding carboxylic acids is 1. The van der Waals surface area contributed by atoms with Crippen molar-refractivity contribution in [2.75, 3.05) is 6.26 Å². The van der Waals surface area contributed by atoms with Crippen molar-refractivity contribution in [3.8, 4) is 11.4 Å². The minimum atomic E-state index is -3.19. The summed E-state index contributed by atoms with van der Waals surface area (Å²) in [6.45, 7) is -0.184. The fraction of sp³-hybridized carbons (Fsp3) is 0.167. The SMILES string of the molecule is CS(=O)(=O)Cc1cccc(C(=O)OCc2nc(-c3cccc(Br)c3)no2)c1. The molecule has 0 aliphatic heterocycles. The normalized spacial score (nSPS) is 11.3. The van der Waals surface area contributed by atoms with Gasteiger partial charge >= 0.3 is 5.97 Å². The molecule has 3 rings (SSSR count). The van der Waals surface area contributed by atoms with Crippen molar-refractivity contribution in [3.63, 3.8) is 0 Å². The van der Waals surface area contributed by atoms with E-state index in [2.05, 4.69) is 26.1 Å². The third-order valence-electron chi connectivity index (χ3n) is 3.47. The Bertz CT molecular complexity index is 1080. The van der Waals surface area contributed by atoms with Crippen LogP contribution in [-0.2, 0) is 26.9 Å². The highest BCUT2D eigenvalue weighted by Gasteiger charge is 2.14. The molecular weight excluding hydrogens is 436 g/mol. The number of nitrogens with zero attached hydrogens (tertiary/aromatic N) is 2. The quantitative estimate of drug-likeness (QED) is 0.530. The van der Waals surface area contributed by atoms with Gasteiger partial charge < -0.3 is 9.26 Å². The van der Waals surface area contributed by atoms with Gasteiger partial charge in [-0.2, -0.15) is 4.98 Å². The Kier molecular flexibility index (Phi) is 5.71. The number of sulfone groups is 1. The number of hydrogen-bond donors (Lipinski definition) is 0. The minimum Gasteiger partial charge on any atom is -0.452 e. The van der Waals surface area contributed by atoms with Crippen LogP contribution in [0.3, 0.4) is 0 Å². The van der Waals surface area contributed by atoms with Gasteiger partial charge in [0.05, 0.1) is 11.3 Å². The highest BCUT2D eigenvalue weighted by atomic mass is 79.9. The van der Waals surface area contributed by atoms with E-state index in [0.717, 1.165) is 16.3 Å². The standard InChI is InChI=1S/C18H15BrN2O5S/c1-27(23,24)11-12-4-2-6-14(8-12)18(22)25-10-16-20-17(21-26-16)13-5-3-7-15(19)9-13/h2-9H,10-11H2,1H3. The molecule has 0 N–H and O–H groups in total. The summed E-state index contributed by atoms with van der Waals surface area (Å²) in [5.41, 5.74) is 1.53. The van der Waals surface area contributed by atoms with Crippen LogP contribution in [0.4, 0.5) is 0 Å². The van der Waals surface area contributed by atoms with Gasteiger partial charge in [0.15, 0.2) is 16.4 Å². The molecule has 9 heteroatoms. The first-order valence-corrected chi connectivity index (χ1v) is 10.7. The van der Waals surface area contributed by atoms with Crippen molar-refractivity contribution in [3.05, 3.63) is 70.0 Å². The maximum absolute atomic E-state index is 12.2. The van der Waals surface area contributed by atoms with Gasteiger partial charge in [-0.05, 0) is 29.8 Å². The molecule has 27 heavy (non-hydrogen) atoms. The Morgan fingerprint density at radius 3 is 2.70 bits per heavy atom. The fourth-order valence-electron chi connectivity index (χ4n) is 2.36. The summed E-state index contributed by atoms with van der Waals surface area (Å²) in [5.74, 6) is -0.205. The summed E-state index contributed by atoms with van der Waals surface area (Å²) in [6, 6.07) is 13.7. The Balaban J connectivity index is 1.65. The number of rotatable bonds is 6. The number of carbonyl (C=O) groups is 1. The summed E-state index contributed by atoms with van der Waals surface area (Å²) < 4.78 is 33.9. The zero-order chi connectivity index (χ0) is 19.4. The summed E-state index contributed by atoms with van der Waals surface area (Å²) in [7, 11) is -3.19. The summed E-state index contributed by atoms with van der Waals surface area (Å²) >= 11 is 3.37. The molecule has 0 unspecified atom stereocenters. The van der Waals surface area contributed by atoms with Crippen LogP contribution in [-0.4, -0.2) is 30.8 Å². The first-order chi connectivity index (χ1) is 12.8. The molecule has 0 radical (unpaired) electrons. The van der Waals surface area contributed by atoms with Crippen LogP contribution in [0.15, 0.2) is 57.5 Å². The Hall–Kier alpha value is -2.52. The molecule has 1 heterocycles. The molecule has 2 aromatic carbocycles. The molecule has 0 saturated carbocycles. The molecule has 1 aromatic heterocycles. The van der Waals surface area contributed by atoms with Gasteiger partial charge in [0.25, 0.3) is 5.89 Å². The average molecular weight is 451 g/mol. The van der Waals surface area contributed by atoms with Crippen LogP contribution >= 0.6 is 15.9 Å². The third kappa shape index (κ3) is 5.48. The molecule has 0 fully saturated rings. The largest absolute Gasteiger partial charge is 0.452 e. The molecule has 140 valence electrons. The van der Waals surface area contributed by atoms with E-state index in [1.165, 1.54) is 6.07 Å². The van der Waals surface area contributed by atoms with Crippen LogP contribution in [0, 0.1) is 0 Å². The molecule has 0 amide bonds. The van der Waals surface area contributed by atoms with E-state index in [0.29, 0.717) is 11.4 Å². The fourth-order valence-corrected chi connectivity index (χ4v) is 3.54. The molecule has 0 saturated heterocycles. The summed E-state index contributed by atoms with van der Waals surface area (Å²) in [4.78, 5) is 16.4. The number of halogens is 1. The van der Waals surface area contributed by atoms with Crippen LogP contribution in [0.2, 0.25) is 0 Å². The number of aromatic nitrogens is 2. The second-order valence-electron chi connectivity index (χ2n) is 5.87. The highest BCUT2D eigenvalue weighted by molar-refractivity contribution is 9.10. The van der Waals surface area contributed by atoms with E-state index in [1.807, 2.05) is 24.3 Å². The Labute approximate surface area is 164 Å². The average Bonchev–Trinajstić information content (AvgIpc) is 3.07. The summed E-state index contributed by atoms with van der Waals surface area (Å²) in [5, 5.41) is 3.87. The zero-order valence-corrected chi connectivity index (χ0v) is 16.7. The molecular formula is C18H15BrN2O5S. The van der Waals surface area contributed by atoms with Crippen molar-refractivity contribution in [1.82, 2.24) is 10.1 Å². The smallest absolute Gasteiger partial charge is 0.338 e. The second-order valence-corrected chi connectivity index (χ2v) is 8.92. The number of benzene rings is 2. The van der Waals surface area contributed by atoms with E-state index in [4.69, 9.17) is 9.26 Å². The molecule has 7 nitrogen and oxygen atoms in total. The van der Waals surface area contributed by atoms with E-state index in [9.17, 15) is 13.2 Å². The van der Waals surface area contributed by atoms with Crippen molar-refractivity contribution >= 4 is 31.7 Å². The van der Waals surface area contributed by atoms with Crippen LogP contribution in [0.25, 0.3) is 11.4 Å². The van der Waals surface area contributed by atoms with E-state index < -0.39 is 15.8 Å². The maximum Gasteiger partial charge on any atom is 0.338 e. The molecule has 0 bridgehead atoms. The topological polar surface area (TPSA) is 99.4 Å². The number of hydrogen-bond acceptors (Lipinski definition) is 7. The van der Waals surface area contributed by atoms with Crippen molar-refractivity contribution in [1.29, 1.82) is 0 Å². The lowest BCUT2D eigenvalue weighted by Gasteiger charge is -2.04. The zero-order valence-electron chi connectivity index (χ0n) is 14.3. The second kappa shape index (κ2) is 8.01. The lowest BCUT2D eigenvalue weighted by atomic mass is 10.1. The van der Waals surface area contributed by atoms with Gasteiger partial charge in [-0.1, -0.05) is 45.4 Å². The van der Waals surface area contributed by atoms with E-state index in [1.54, 1.807) is 18.2 Å².